The normalized spacial score (nSPS) is 11.4. The number of phenolic OH excluding ortho intramolecular Hbond substituents is 1. The molecule has 3 nitrogen and oxygen atoms in total. The molecule has 0 bridgehead atoms. The van der Waals surface area contributed by atoms with Gasteiger partial charge in [-0.1, -0.05) is 62.4 Å². The van der Waals surface area contributed by atoms with E-state index < -0.39 is 0 Å². The second-order valence-electron chi connectivity index (χ2n) is 7.24. The molecule has 1 amide bonds. The first-order valence-corrected chi connectivity index (χ1v) is 10.7. The van der Waals surface area contributed by atoms with E-state index in [9.17, 15) is 9.90 Å². The highest BCUT2D eigenvalue weighted by Gasteiger charge is 2.13. The summed E-state index contributed by atoms with van der Waals surface area (Å²) in [6, 6.07) is 15.1. The van der Waals surface area contributed by atoms with E-state index in [1.807, 2.05) is 41.3 Å². The number of carbonyl (C=O) groups is 1. The highest BCUT2D eigenvalue weighted by Crippen LogP contribution is 2.13. The highest BCUT2D eigenvalue weighted by atomic mass is 16.3. The van der Waals surface area contributed by atoms with Gasteiger partial charge in [-0.15, -0.1) is 0 Å². The van der Waals surface area contributed by atoms with Gasteiger partial charge in [0.2, 0.25) is 0 Å². The van der Waals surface area contributed by atoms with Gasteiger partial charge < -0.3 is 10.0 Å². The molecule has 0 atom stereocenters. The lowest BCUT2D eigenvalue weighted by Crippen LogP contribution is -2.32. The van der Waals surface area contributed by atoms with Crippen molar-refractivity contribution in [2.75, 3.05) is 13.1 Å². The molecule has 0 aliphatic carbocycles. The van der Waals surface area contributed by atoms with Crippen LogP contribution < -0.4 is 0 Å². The van der Waals surface area contributed by atoms with E-state index in [1.165, 1.54) is 0 Å². The van der Waals surface area contributed by atoms with Gasteiger partial charge in [-0.25, -0.2) is 0 Å². The first-order valence-electron chi connectivity index (χ1n) is 10.7. The third kappa shape index (κ3) is 7.98. The van der Waals surface area contributed by atoms with E-state index in [0.29, 0.717) is 5.75 Å². The zero-order chi connectivity index (χ0) is 20.9. The fraction of sp³-hybridized carbons (Fsp3) is 0.346. The summed E-state index contributed by atoms with van der Waals surface area (Å²) in [6.45, 7) is 5.83. The average Bonchev–Trinajstić information content (AvgIpc) is 2.74. The zero-order valence-electron chi connectivity index (χ0n) is 17.7. The van der Waals surface area contributed by atoms with Gasteiger partial charge in [0.05, 0.1) is 0 Å². The minimum absolute atomic E-state index is 0.128. The molecule has 0 saturated heterocycles. The molecule has 0 aliphatic rings. The molecule has 0 unspecified atom stereocenters. The minimum atomic E-state index is 0.128. The topological polar surface area (TPSA) is 40.5 Å². The Balaban J connectivity index is 1.82. The Bertz CT molecular complexity index is 800. The number of unbranched alkanes of at least 4 members (excludes halogenated alkanes) is 2. The summed E-state index contributed by atoms with van der Waals surface area (Å²) in [5.74, 6) is 0.421. The third-order valence-corrected chi connectivity index (χ3v) is 4.66. The molecule has 1 N–H and O–H groups in total. The van der Waals surface area contributed by atoms with Crippen molar-refractivity contribution in [3.63, 3.8) is 0 Å². The van der Waals surface area contributed by atoms with Crippen LogP contribution in [0.15, 0.2) is 60.7 Å². The van der Waals surface area contributed by atoms with Crippen molar-refractivity contribution < 1.29 is 9.90 Å². The molecule has 2 aromatic carbocycles. The standard InChI is InChI=1S/C26H33NO2/c1-3-19-27(20-4-2)26(29)24-14-10-13-23(21-24)12-9-7-5-6-8-11-22-15-17-25(28)18-16-22/h8-18,21,28H,3-7,19-20H2,1-2H3/b11-8+,12-9+. The predicted octanol–water partition coefficient (Wildman–Crippen LogP) is 6.55. The summed E-state index contributed by atoms with van der Waals surface area (Å²) >= 11 is 0. The first-order chi connectivity index (χ1) is 14.1. The molecular formula is C26H33NO2. The minimum Gasteiger partial charge on any atom is -0.508 e. The van der Waals surface area contributed by atoms with Crippen molar-refractivity contribution in [2.24, 2.45) is 0 Å². The van der Waals surface area contributed by atoms with Gasteiger partial charge in [0, 0.05) is 18.7 Å². The summed E-state index contributed by atoms with van der Waals surface area (Å²) in [5, 5.41) is 9.29. The molecule has 0 heterocycles. The molecule has 154 valence electrons. The fourth-order valence-electron chi connectivity index (χ4n) is 3.19. The van der Waals surface area contributed by atoms with Crippen LogP contribution in [0.3, 0.4) is 0 Å². The average molecular weight is 392 g/mol. The molecule has 0 saturated carbocycles. The van der Waals surface area contributed by atoms with Crippen LogP contribution in [0.1, 0.15) is 67.4 Å². The quantitative estimate of drug-likeness (QED) is 0.441. The maximum Gasteiger partial charge on any atom is 0.253 e. The molecule has 0 fully saturated rings. The summed E-state index contributed by atoms with van der Waals surface area (Å²) in [4.78, 5) is 14.7. The Morgan fingerprint density at radius 2 is 1.52 bits per heavy atom. The number of carbonyl (C=O) groups excluding carboxylic acids is 1. The lowest BCUT2D eigenvalue weighted by atomic mass is 10.1. The summed E-state index contributed by atoms with van der Waals surface area (Å²) in [7, 11) is 0. The number of hydrogen-bond donors (Lipinski definition) is 1. The van der Waals surface area contributed by atoms with Crippen LogP contribution in [0.25, 0.3) is 12.2 Å². The molecule has 0 spiro atoms. The van der Waals surface area contributed by atoms with Gasteiger partial charge in [0.15, 0.2) is 0 Å². The predicted molar refractivity (Wildman–Crippen MR) is 123 cm³/mol. The van der Waals surface area contributed by atoms with E-state index in [4.69, 9.17) is 0 Å². The number of aromatic hydroxyl groups is 1. The number of phenols is 1. The Morgan fingerprint density at radius 3 is 2.14 bits per heavy atom. The fourth-order valence-corrected chi connectivity index (χ4v) is 3.19. The molecule has 2 aromatic rings. The van der Waals surface area contributed by atoms with E-state index in [0.717, 1.165) is 61.9 Å². The lowest BCUT2D eigenvalue weighted by molar-refractivity contribution is 0.0755. The second-order valence-corrected chi connectivity index (χ2v) is 7.24. The van der Waals surface area contributed by atoms with Gasteiger partial charge in [-0.2, -0.15) is 0 Å². The van der Waals surface area contributed by atoms with E-state index in [2.05, 4.69) is 38.2 Å². The van der Waals surface area contributed by atoms with Gasteiger partial charge in [0.1, 0.15) is 5.75 Å². The van der Waals surface area contributed by atoms with Crippen LogP contribution in [-0.4, -0.2) is 29.0 Å². The zero-order valence-corrected chi connectivity index (χ0v) is 17.7. The number of allylic oxidation sites excluding steroid dienone is 2. The summed E-state index contributed by atoms with van der Waals surface area (Å²) < 4.78 is 0. The molecule has 0 aromatic heterocycles. The molecule has 29 heavy (non-hydrogen) atoms. The Kier molecular flexibility index (Phi) is 9.77. The van der Waals surface area contributed by atoms with Gasteiger partial charge in [-0.05, 0) is 67.5 Å². The van der Waals surface area contributed by atoms with Gasteiger partial charge >= 0.3 is 0 Å². The first kappa shape index (κ1) is 22.5. The maximum absolute atomic E-state index is 12.7. The monoisotopic (exact) mass is 391 g/mol. The Hall–Kier alpha value is -2.81. The van der Waals surface area contributed by atoms with Crippen LogP contribution in [0, 0.1) is 0 Å². The van der Waals surface area contributed by atoms with Crippen molar-refractivity contribution >= 4 is 18.1 Å². The van der Waals surface area contributed by atoms with Crippen LogP contribution in [-0.2, 0) is 0 Å². The second kappa shape index (κ2) is 12.6. The summed E-state index contributed by atoms with van der Waals surface area (Å²) in [5.41, 5.74) is 2.94. The Morgan fingerprint density at radius 1 is 0.897 bits per heavy atom. The number of rotatable bonds is 11. The maximum atomic E-state index is 12.7. The lowest BCUT2D eigenvalue weighted by Gasteiger charge is -2.21. The van der Waals surface area contributed by atoms with Crippen molar-refractivity contribution in [1.29, 1.82) is 0 Å². The highest BCUT2D eigenvalue weighted by molar-refractivity contribution is 5.94. The Labute approximate surface area is 175 Å². The van der Waals surface area contributed by atoms with Crippen LogP contribution >= 0.6 is 0 Å². The van der Waals surface area contributed by atoms with Crippen LogP contribution in [0.4, 0.5) is 0 Å². The van der Waals surface area contributed by atoms with Gasteiger partial charge in [-0.3, -0.25) is 4.79 Å². The van der Waals surface area contributed by atoms with E-state index in [-0.39, 0.29) is 5.91 Å². The van der Waals surface area contributed by atoms with Crippen LogP contribution in [0.5, 0.6) is 5.75 Å². The van der Waals surface area contributed by atoms with Crippen LogP contribution in [0.2, 0.25) is 0 Å². The number of benzene rings is 2. The number of hydrogen-bond acceptors (Lipinski definition) is 2. The SMILES string of the molecule is CCCN(CCC)C(=O)c1cccc(/C=C/CCC/C=C/c2ccc(O)cc2)c1. The smallest absolute Gasteiger partial charge is 0.253 e. The largest absolute Gasteiger partial charge is 0.508 e. The molecule has 3 heteroatoms. The molecule has 0 aliphatic heterocycles. The van der Waals surface area contributed by atoms with E-state index in [1.54, 1.807) is 12.1 Å². The number of amides is 1. The molecule has 0 radical (unpaired) electrons. The van der Waals surface area contributed by atoms with Crippen molar-refractivity contribution in [3.8, 4) is 5.75 Å². The molecule has 2 rings (SSSR count). The number of nitrogens with zero attached hydrogens (tertiary/aromatic N) is 1. The van der Waals surface area contributed by atoms with Gasteiger partial charge in [0.25, 0.3) is 5.91 Å². The van der Waals surface area contributed by atoms with E-state index >= 15 is 0 Å². The molecular weight excluding hydrogens is 358 g/mol. The van der Waals surface area contributed by atoms with Crippen molar-refractivity contribution in [1.82, 2.24) is 4.90 Å². The third-order valence-electron chi connectivity index (χ3n) is 4.66. The van der Waals surface area contributed by atoms with Crippen molar-refractivity contribution in [3.05, 3.63) is 77.4 Å². The van der Waals surface area contributed by atoms with Crippen molar-refractivity contribution in [2.45, 2.75) is 46.0 Å². The summed E-state index contributed by atoms with van der Waals surface area (Å²) in [6.07, 6.45) is 13.6.